The predicted molar refractivity (Wildman–Crippen MR) is 85.4 cm³/mol. The summed E-state index contributed by atoms with van der Waals surface area (Å²) in [6.07, 6.45) is 7.45. The molecule has 0 amide bonds. The average molecular weight is 304 g/mol. The van der Waals surface area contributed by atoms with Gasteiger partial charge in [0, 0.05) is 17.0 Å². The van der Waals surface area contributed by atoms with Crippen LogP contribution in [-0.2, 0) is 6.54 Å². The van der Waals surface area contributed by atoms with E-state index in [1.165, 1.54) is 19.2 Å². The summed E-state index contributed by atoms with van der Waals surface area (Å²) >= 11 is 0. The van der Waals surface area contributed by atoms with E-state index >= 15 is 0 Å². The molecule has 1 aliphatic carbocycles. The van der Waals surface area contributed by atoms with Crippen molar-refractivity contribution < 1.29 is 4.42 Å². The summed E-state index contributed by atoms with van der Waals surface area (Å²) in [5, 5.41) is 8.42. The van der Waals surface area contributed by atoms with Gasteiger partial charge in [0.2, 0.25) is 0 Å². The summed E-state index contributed by atoms with van der Waals surface area (Å²) in [5.41, 5.74) is 4.97. The monoisotopic (exact) mass is 304 g/mol. The Bertz CT molecular complexity index is 879. The third kappa shape index (κ3) is 3.16. The van der Waals surface area contributed by atoms with Crippen molar-refractivity contribution in [3.05, 3.63) is 53.9 Å². The Morgan fingerprint density at radius 3 is 3.00 bits per heavy atom. The Labute approximate surface area is 134 Å². The summed E-state index contributed by atoms with van der Waals surface area (Å²) in [6.45, 7) is 2.63. The van der Waals surface area contributed by atoms with Crippen LogP contribution in [0.25, 0.3) is 11.3 Å². The molecule has 1 saturated carbocycles. The molecule has 0 atom stereocenters. The first-order valence-electron chi connectivity index (χ1n) is 7.68. The largest absolute Gasteiger partial charge is 0.451 e. The molecule has 5 heteroatoms. The number of nitrogens with zero attached hydrogens (tertiary/aromatic N) is 4. The molecule has 1 aliphatic rings. The fourth-order valence-corrected chi connectivity index (χ4v) is 2.42. The maximum absolute atomic E-state index is 4.97. The van der Waals surface area contributed by atoms with Crippen molar-refractivity contribution in [3.8, 4) is 23.1 Å². The van der Waals surface area contributed by atoms with Crippen LogP contribution in [0.2, 0.25) is 0 Å². The molecule has 2 heterocycles. The fraction of sp³-hybridized carbons (Fsp3) is 0.278. The fourth-order valence-electron chi connectivity index (χ4n) is 2.42. The zero-order valence-electron chi connectivity index (χ0n) is 12.9. The van der Waals surface area contributed by atoms with Crippen molar-refractivity contribution in [1.82, 2.24) is 20.0 Å². The minimum absolute atomic E-state index is 0.549. The molecular formula is C18H16N4O. The molecular weight excluding hydrogens is 288 g/mol. The molecule has 1 fully saturated rings. The topological polar surface area (TPSA) is 56.7 Å². The average Bonchev–Trinajstić information content (AvgIpc) is 3.03. The van der Waals surface area contributed by atoms with E-state index in [4.69, 9.17) is 4.42 Å². The highest BCUT2D eigenvalue weighted by Gasteiger charge is 2.17. The molecule has 114 valence electrons. The molecule has 2 aromatic heterocycles. The Morgan fingerprint density at radius 2 is 2.26 bits per heavy atom. The first kappa shape index (κ1) is 13.8. The summed E-state index contributed by atoms with van der Waals surface area (Å²) < 4.78 is 6.73. The van der Waals surface area contributed by atoms with E-state index in [-0.39, 0.29) is 0 Å². The van der Waals surface area contributed by atoms with Crippen molar-refractivity contribution in [2.45, 2.75) is 26.3 Å². The van der Waals surface area contributed by atoms with Gasteiger partial charge in [0.05, 0.1) is 12.7 Å². The standard InChI is InChI=1S/C18H16N4O/c1-13-8-15(5-4-14-2-3-14)6-7-17(13)18-10-22(21-20-18)9-16-11-23-12-19-16/h6-8,10-12,14H,2-3,9H2,1H3. The normalized spacial score (nSPS) is 13.6. The van der Waals surface area contributed by atoms with Crippen molar-refractivity contribution in [3.63, 3.8) is 0 Å². The van der Waals surface area contributed by atoms with Crippen molar-refractivity contribution in [1.29, 1.82) is 0 Å². The van der Waals surface area contributed by atoms with E-state index in [0.717, 1.165) is 28.1 Å². The predicted octanol–water partition coefficient (Wildman–Crippen LogP) is 3.05. The van der Waals surface area contributed by atoms with Crippen LogP contribution in [0.15, 0.2) is 41.5 Å². The van der Waals surface area contributed by atoms with Crippen LogP contribution in [0, 0.1) is 24.7 Å². The van der Waals surface area contributed by atoms with E-state index in [9.17, 15) is 0 Å². The smallest absolute Gasteiger partial charge is 0.180 e. The van der Waals surface area contributed by atoms with Crippen LogP contribution in [0.4, 0.5) is 0 Å². The van der Waals surface area contributed by atoms with Gasteiger partial charge in [-0.3, -0.25) is 0 Å². The zero-order valence-corrected chi connectivity index (χ0v) is 12.9. The van der Waals surface area contributed by atoms with Crippen molar-refractivity contribution >= 4 is 0 Å². The van der Waals surface area contributed by atoms with Gasteiger partial charge in [-0.15, -0.1) is 5.10 Å². The van der Waals surface area contributed by atoms with Crippen LogP contribution in [0.1, 0.15) is 29.7 Å². The van der Waals surface area contributed by atoms with Gasteiger partial charge in [-0.05, 0) is 37.5 Å². The van der Waals surface area contributed by atoms with E-state index < -0.39 is 0 Å². The highest BCUT2D eigenvalue weighted by molar-refractivity contribution is 5.64. The minimum Gasteiger partial charge on any atom is -0.451 e. The molecule has 0 spiro atoms. The first-order chi connectivity index (χ1) is 11.3. The van der Waals surface area contributed by atoms with Gasteiger partial charge in [-0.25, -0.2) is 9.67 Å². The van der Waals surface area contributed by atoms with E-state index in [2.05, 4.69) is 46.2 Å². The van der Waals surface area contributed by atoms with Gasteiger partial charge in [0.25, 0.3) is 0 Å². The maximum atomic E-state index is 4.97. The molecule has 0 saturated heterocycles. The lowest BCUT2D eigenvalue weighted by Crippen LogP contribution is -2.00. The molecule has 1 aromatic carbocycles. The number of benzene rings is 1. The second-order valence-electron chi connectivity index (χ2n) is 5.85. The highest BCUT2D eigenvalue weighted by atomic mass is 16.3. The second kappa shape index (κ2) is 5.73. The molecule has 4 rings (SSSR count). The first-order valence-corrected chi connectivity index (χ1v) is 7.68. The quantitative estimate of drug-likeness (QED) is 0.698. The Morgan fingerprint density at radius 1 is 1.35 bits per heavy atom. The van der Waals surface area contributed by atoms with Gasteiger partial charge >= 0.3 is 0 Å². The Kier molecular flexibility index (Phi) is 3.43. The summed E-state index contributed by atoms with van der Waals surface area (Å²) in [4.78, 5) is 4.09. The summed E-state index contributed by atoms with van der Waals surface area (Å²) in [5.74, 6) is 7.16. The minimum atomic E-state index is 0.549. The Balaban J connectivity index is 1.55. The lowest BCUT2D eigenvalue weighted by Gasteiger charge is -2.02. The van der Waals surface area contributed by atoms with Crippen LogP contribution in [0.3, 0.4) is 0 Å². The number of hydrogen-bond donors (Lipinski definition) is 0. The number of hydrogen-bond acceptors (Lipinski definition) is 4. The lowest BCUT2D eigenvalue weighted by molar-refractivity contribution is 0.553. The zero-order chi connectivity index (χ0) is 15.6. The van der Waals surface area contributed by atoms with Crippen LogP contribution >= 0.6 is 0 Å². The van der Waals surface area contributed by atoms with Crippen LogP contribution in [-0.4, -0.2) is 20.0 Å². The molecule has 5 nitrogen and oxygen atoms in total. The van der Waals surface area contributed by atoms with E-state index in [0.29, 0.717) is 12.5 Å². The maximum Gasteiger partial charge on any atom is 0.180 e. The molecule has 23 heavy (non-hydrogen) atoms. The number of aromatic nitrogens is 4. The second-order valence-corrected chi connectivity index (χ2v) is 5.85. The molecule has 0 radical (unpaired) electrons. The molecule has 0 N–H and O–H groups in total. The van der Waals surface area contributed by atoms with Gasteiger partial charge < -0.3 is 4.42 Å². The van der Waals surface area contributed by atoms with Gasteiger partial charge in [-0.1, -0.05) is 23.1 Å². The molecule has 0 bridgehead atoms. The van der Waals surface area contributed by atoms with E-state index in [1.807, 2.05) is 12.3 Å². The highest BCUT2D eigenvalue weighted by Crippen LogP contribution is 2.28. The molecule has 0 unspecified atom stereocenters. The van der Waals surface area contributed by atoms with Gasteiger partial charge in [-0.2, -0.15) is 0 Å². The third-order valence-corrected chi connectivity index (χ3v) is 3.85. The number of oxazole rings is 1. The van der Waals surface area contributed by atoms with Gasteiger partial charge in [0.1, 0.15) is 17.7 Å². The number of rotatable bonds is 3. The number of aryl methyl sites for hydroxylation is 1. The van der Waals surface area contributed by atoms with Crippen molar-refractivity contribution in [2.75, 3.05) is 0 Å². The SMILES string of the molecule is Cc1cc(C#CC2CC2)ccc1-c1cn(Cc2cocn2)nn1. The third-order valence-electron chi connectivity index (χ3n) is 3.85. The van der Waals surface area contributed by atoms with Gasteiger partial charge in [0.15, 0.2) is 6.39 Å². The van der Waals surface area contributed by atoms with E-state index in [1.54, 1.807) is 10.9 Å². The van der Waals surface area contributed by atoms with Crippen molar-refractivity contribution in [2.24, 2.45) is 5.92 Å². The van der Waals surface area contributed by atoms with Crippen LogP contribution in [0.5, 0.6) is 0 Å². The molecule has 0 aliphatic heterocycles. The summed E-state index contributed by atoms with van der Waals surface area (Å²) in [7, 11) is 0. The summed E-state index contributed by atoms with van der Waals surface area (Å²) in [6, 6.07) is 6.23. The Hall–Kier alpha value is -2.87. The lowest BCUT2D eigenvalue weighted by atomic mass is 10.0. The molecule has 3 aromatic rings. The van der Waals surface area contributed by atoms with Crippen LogP contribution < -0.4 is 0 Å².